The van der Waals surface area contributed by atoms with Crippen LogP contribution in [0.5, 0.6) is 11.5 Å². The zero-order chi connectivity index (χ0) is 33.3. The van der Waals surface area contributed by atoms with E-state index in [1.807, 2.05) is 90.1 Å². The molecule has 1 atom stereocenters. The Morgan fingerprint density at radius 1 is 0.578 bits per heavy atom. The van der Waals surface area contributed by atoms with Gasteiger partial charge in [0.1, 0.15) is 24.2 Å². The molecule has 0 radical (unpaired) electrons. The summed E-state index contributed by atoms with van der Waals surface area (Å²) >= 11 is 0. The lowest BCUT2D eigenvalue weighted by molar-refractivity contribution is 0.0142. The van der Waals surface area contributed by atoms with Crippen LogP contribution in [0, 0.1) is 0 Å². The van der Waals surface area contributed by atoms with E-state index in [0.29, 0.717) is 58.3 Å². The molecule has 0 bridgehead atoms. The van der Waals surface area contributed by atoms with Crippen molar-refractivity contribution in [1.29, 1.82) is 0 Å². The SMILES string of the molecule is CC(C)NCC(O)COc1ccc(COCCOC(C)C)cc1.CC(C)NCCCOc1ccc(COCCOC(C)C)cc1. The van der Waals surface area contributed by atoms with Gasteiger partial charge in [0.15, 0.2) is 0 Å². The van der Waals surface area contributed by atoms with Crippen LogP contribution >= 0.6 is 0 Å². The van der Waals surface area contributed by atoms with E-state index in [0.717, 1.165) is 42.2 Å². The summed E-state index contributed by atoms with van der Waals surface area (Å²) in [6, 6.07) is 16.7. The molecule has 9 nitrogen and oxygen atoms in total. The zero-order valence-electron chi connectivity index (χ0n) is 29.2. The monoisotopic (exact) mass is 634 g/mol. The molecule has 0 aliphatic rings. The average molecular weight is 635 g/mol. The van der Waals surface area contributed by atoms with E-state index in [1.165, 1.54) is 0 Å². The molecule has 0 heterocycles. The largest absolute Gasteiger partial charge is 0.494 e. The standard InChI is InChI=1S/C18H31NO4.C18H31NO3/c1-14(2)19-11-17(20)13-23-18-7-5-16(6-8-18)12-21-9-10-22-15(3)4;1-15(2)19-10-5-11-22-18-8-6-17(7-9-18)14-20-12-13-21-16(3)4/h5-8,14-15,17,19-20H,9-13H2,1-4H3;6-9,15-16,19H,5,10-14H2,1-4H3. The van der Waals surface area contributed by atoms with Gasteiger partial charge in [-0.1, -0.05) is 52.0 Å². The topological polar surface area (TPSA) is 99.7 Å². The fourth-order valence-electron chi connectivity index (χ4n) is 3.71. The molecule has 0 aliphatic heterocycles. The maximum absolute atomic E-state index is 9.80. The van der Waals surface area contributed by atoms with E-state index >= 15 is 0 Å². The van der Waals surface area contributed by atoms with Gasteiger partial charge in [0.25, 0.3) is 0 Å². The van der Waals surface area contributed by atoms with Crippen LogP contribution in [0.1, 0.15) is 72.9 Å². The Morgan fingerprint density at radius 3 is 1.49 bits per heavy atom. The number of benzene rings is 2. The lowest BCUT2D eigenvalue weighted by Gasteiger charge is -2.15. The molecular formula is C36H62N2O7. The van der Waals surface area contributed by atoms with Crippen LogP contribution in [0.15, 0.2) is 48.5 Å². The highest BCUT2D eigenvalue weighted by molar-refractivity contribution is 5.27. The Morgan fingerprint density at radius 2 is 1.04 bits per heavy atom. The molecule has 0 amide bonds. The number of hydrogen-bond donors (Lipinski definition) is 3. The van der Waals surface area contributed by atoms with E-state index in [2.05, 4.69) is 24.5 Å². The van der Waals surface area contributed by atoms with E-state index in [9.17, 15) is 5.11 Å². The van der Waals surface area contributed by atoms with Gasteiger partial charge in [0.2, 0.25) is 0 Å². The molecular weight excluding hydrogens is 572 g/mol. The molecule has 3 N–H and O–H groups in total. The minimum atomic E-state index is -0.513. The van der Waals surface area contributed by atoms with Gasteiger partial charge in [0.05, 0.1) is 58.5 Å². The van der Waals surface area contributed by atoms with Gasteiger partial charge < -0.3 is 44.2 Å². The number of hydrogen-bond acceptors (Lipinski definition) is 9. The zero-order valence-corrected chi connectivity index (χ0v) is 29.2. The van der Waals surface area contributed by atoms with Crippen molar-refractivity contribution >= 4 is 0 Å². The quantitative estimate of drug-likeness (QED) is 0.125. The van der Waals surface area contributed by atoms with Crippen LogP contribution in [-0.2, 0) is 32.2 Å². The summed E-state index contributed by atoms with van der Waals surface area (Å²) in [5, 5.41) is 16.3. The van der Waals surface area contributed by atoms with Crippen LogP contribution in [0.3, 0.4) is 0 Å². The average Bonchev–Trinajstić information content (AvgIpc) is 2.99. The maximum Gasteiger partial charge on any atom is 0.119 e. The Kier molecular flexibility index (Phi) is 23.5. The normalized spacial score (nSPS) is 12.1. The molecule has 0 fully saturated rings. The van der Waals surface area contributed by atoms with E-state index in [4.69, 9.17) is 28.4 Å². The lowest BCUT2D eigenvalue weighted by atomic mass is 10.2. The summed E-state index contributed by atoms with van der Waals surface area (Å²) in [5.74, 6) is 1.66. The van der Waals surface area contributed by atoms with Crippen molar-refractivity contribution < 1.29 is 33.5 Å². The maximum atomic E-state index is 9.80. The van der Waals surface area contributed by atoms with Gasteiger partial charge in [-0.3, -0.25) is 0 Å². The second-order valence-electron chi connectivity index (χ2n) is 12.1. The molecule has 2 aromatic carbocycles. The number of rotatable bonds is 24. The van der Waals surface area contributed by atoms with Gasteiger partial charge in [0, 0.05) is 18.6 Å². The second-order valence-corrected chi connectivity index (χ2v) is 12.1. The van der Waals surface area contributed by atoms with Crippen molar-refractivity contribution in [3.63, 3.8) is 0 Å². The van der Waals surface area contributed by atoms with Gasteiger partial charge in [-0.2, -0.15) is 0 Å². The second kappa shape index (κ2) is 25.9. The molecule has 45 heavy (non-hydrogen) atoms. The van der Waals surface area contributed by atoms with Gasteiger partial charge in [-0.25, -0.2) is 0 Å². The number of aliphatic hydroxyl groups is 1. The van der Waals surface area contributed by atoms with Crippen LogP contribution in [-0.4, -0.2) is 88.2 Å². The van der Waals surface area contributed by atoms with E-state index < -0.39 is 6.10 Å². The van der Waals surface area contributed by atoms with Crippen LogP contribution in [0.25, 0.3) is 0 Å². The molecule has 0 aromatic heterocycles. The van der Waals surface area contributed by atoms with Crippen molar-refractivity contribution in [3.8, 4) is 11.5 Å². The first kappa shape index (κ1) is 40.8. The van der Waals surface area contributed by atoms with Crippen LogP contribution in [0.4, 0.5) is 0 Å². The molecule has 2 aromatic rings. The van der Waals surface area contributed by atoms with Crippen molar-refractivity contribution in [3.05, 3.63) is 59.7 Å². The highest BCUT2D eigenvalue weighted by atomic mass is 16.5. The minimum absolute atomic E-state index is 0.237. The lowest BCUT2D eigenvalue weighted by Crippen LogP contribution is -2.35. The Bertz CT molecular complexity index is 900. The summed E-state index contributed by atoms with van der Waals surface area (Å²) < 4.78 is 33.2. The summed E-state index contributed by atoms with van der Waals surface area (Å²) in [4.78, 5) is 0. The van der Waals surface area contributed by atoms with Crippen LogP contribution in [0.2, 0.25) is 0 Å². The van der Waals surface area contributed by atoms with Crippen molar-refractivity contribution in [1.82, 2.24) is 10.6 Å². The minimum Gasteiger partial charge on any atom is -0.494 e. The molecule has 1 unspecified atom stereocenters. The van der Waals surface area contributed by atoms with Crippen molar-refractivity contribution in [2.75, 3.05) is 52.7 Å². The summed E-state index contributed by atoms with van der Waals surface area (Å²) in [7, 11) is 0. The highest BCUT2D eigenvalue weighted by Crippen LogP contribution is 2.14. The Hall–Kier alpha value is -2.24. The molecule has 0 spiro atoms. The van der Waals surface area contributed by atoms with Crippen molar-refractivity contribution in [2.45, 2.75) is 105 Å². The Labute approximate surface area is 273 Å². The summed E-state index contributed by atoms with van der Waals surface area (Å²) in [5.41, 5.74) is 2.24. The third-order valence-electron chi connectivity index (χ3n) is 6.09. The molecule has 0 saturated carbocycles. The van der Waals surface area contributed by atoms with Gasteiger partial charge in [-0.15, -0.1) is 0 Å². The van der Waals surface area contributed by atoms with Gasteiger partial charge >= 0.3 is 0 Å². The summed E-state index contributed by atoms with van der Waals surface area (Å²) in [6.45, 7) is 22.6. The fourth-order valence-corrected chi connectivity index (χ4v) is 3.71. The fraction of sp³-hybridized carbons (Fsp3) is 0.667. The first-order valence-electron chi connectivity index (χ1n) is 16.5. The Balaban J connectivity index is 0.000000450. The molecule has 9 heteroatoms. The predicted molar refractivity (Wildman–Crippen MR) is 182 cm³/mol. The number of nitrogens with one attached hydrogen (secondary N) is 2. The van der Waals surface area contributed by atoms with Gasteiger partial charge in [-0.05, 0) is 76.1 Å². The predicted octanol–water partition coefficient (Wildman–Crippen LogP) is 5.76. The highest BCUT2D eigenvalue weighted by Gasteiger charge is 2.06. The van der Waals surface area contributed by atoms with Crippen LogP contribution < -0.4 is 20.1 Å². The van der Waals surface area contributed by atoms with E-state index in [1.54, 1.807) is 0 Å². The molecule has 2 rings (SSSR count). The van der Waals surface area contributed by atoms with E-state index in [-0.39, 0.29) is 18.8 Å². The first-order valence-corrected chi connectivity index (χ1v) is 16.5. The third kappa shape index (κ3) is 24.6. The number of ether oxygens (including phenoxy) is 6. The molecule has 0 saturated heterocycles. The first-order chi connectivity index (χ1) is 21.5. The van der Waals surface area contributed by atoms with Crippen molar-refractivity contribution in [2.24, 2.45) is 0 Å². The smallest absolute Gasteiger partial charge is 0.119 e. The third-order valence-corrected chi connectivity index (χ3v) is 6.09. The number of aliphatic hydroxyl groups excluding tert-OH is 1. The summed E-state index contributed by atoms with van der Waals surface area (Å²) in [6.07, 6.45) is 0.997. The molecule has 0 aliphatic carbocycles. The molecule has 258 valence electrons.